The van der Waals surface area contributed by atoms with Crippen molar-refractivity contribution in [2.75, 3.05) is 5.32 Å². The van der Waals surface area contributed by atoms with Crippen molar-refractivity contribution in [3.63, 3.8) is 0 Å². The molecule has 8 nitrogen and oxygen atoms in total. The summed E-state index contributed by atoms with van der Waals surface area (Å²) in [6.07, 6.45) is 0. The van der Waals surface area contributed by atoms with Gasteiger partial charge in [0.2, 0.25) is 5.95 Å². The summed E-state index contributed by atoms with van der Waals surface area (Å²) < 4.78 is 0. The number of amides is 1. The van der Waals surface area contributed by atoms with Gasteiger partial charge in [0.1, 0.15) is 5.82 Å². The van der Waals surface area contributed by atoms with Gasteiger partial charge in [-0.2, -0.15) is 10.1 Å². The lowest BCUT2D eigenvalue weighted by Gasteiger charge is -2.03. The molecule has 1 amide bonds. The Morgan fingerprint density at radius 2 is 1.90 bits per heavy atom. The number of rotatable bonds is 2. The molecule has 8 heteroatoms. The summed E-state index contributed by atoms with van der Waals surface area (Å²) in [5, 5.41) is 15.9. The van der Waals surface area contributed by atoms with Crippen LogP contribution < -0.4 is 10.9 Å². The minimum absolute atomic E-state index is 0.114. The molecule has 0 bridgehead atoms. The summed E-state index contributed by atoms with van der Waals surface area (Å²) >= 11 is 0. The lowest BCUT2D eigenvalue weighted by atomic mass is 10.1. The number of aryl methyl sites for hydroxylation is 1. The summed E-state index contributed by atoms with van der Waals surface area (Å²) in [6, 6.07) is 6.74. The molecule has 3 N–H and O–H groups in total. The molecular formula is C12H10N6O2. The Bertz CT molecular complexity index is 850. The van der Waals surface area contributed by atoms with Gasteiger partial charge in [-0.1, -0.05) is 18.2 Å². The quantitative estimate of drug-likeness (QED) is 0.630. The zero-order valence-corrected chi connectivity index (χ0v) is 10.5. The standard InChI is InChI=1S/C12H10N6O2/c1-6-13-12(18-15-6)14-11(20)9-7-4-2-3-5-8(7)10(19)17-16-9/h2-5H,1H3,(H,17,19)(H2,13,14,15,18,20). The molecule has 2 aromatic heterocycles. The molecule has 1 aromatic carbocycles. The van der Waals surface area contributed by atoms with Crippen molar-refractivity contribution in [2.45, 2.75) is 6.92 Å². The summed E-state index contributed by atoms with van der Waals surface area (Å²) in [5.74, 6) is 0.251. The zero-order chi connectivity index (χ0) is 14.1. The largest absolute Gasteiger partial charge is 0.288 e. The third-order valence-corrected chi connectivity index (χ3v) is 2.73. The van der Waals surface area contributed by atoms with Gasteiger partial charge in [0.05, 0.1) is 5.39 Å². The average Bonchev–Trinajstić information content (AvgIpc) is 2.84. The highest BCUT2D eigenvalue weighted by Crippen LogP contribution is 2.13. The van der Waals surface area contributed by atoms with Gasteiger partial charge in [0.15, 0.2) is 5.69 Å². The van der Waals surface area contributed by atoms with Crippen molar-refractivity contribution in [3.8, 4) is 0 Å². The number of carbonyl (C=O) groups is 1. The summed E-state index contributed by atoms with van der Waals surface area (Å²) in [5.41, 5.74) is -0.228. The first-order chi connectivity index (χ1) is 9.65. The second-order valence-corrected chi connectivity index (χ2v) is 4.15. The van der Waals surface area contributed by atoms with E-state index < -0.39 is 5.91 Å². The van der Waals surface area contributed by atoms with E-state index >= 15 is 0 Å². The molecule has 3 rings (SSSR count). The molecule has 20 heavy (non-hydrogen) atoms. The van der Waals surface area contributed by atoms with Crippen molar-refractivity contribution >= 4 is 22.6 Å². The SMILES string of the molecule is Cc1nc(NC(=O)c2n[nH]c(=O)c3ccccc23)n[nH]1. The predicted molar refractivity (Wildman–Crippen MR) is 71.4 cm³/mol. The molecule has 100 valence electrons. The molecule has 0 saturated heterocycles. The van der Waals surface area contributed by atoms with E-state index in [1.54, 1.807) is 31.2 Å². The lowest BCUT2D eigenvalue weighted by Crippen LogP contribution is -2.19. The van der Waals surface area contributed by atoms with Crippen LogP contribution >= 0.6 is 0 Å². The Morgan fingerprint density at radius 1 is 1.15 bits per heavy atom. The number of aromatic nitrogens is 5. The minimum atomic E-state index is -0.489. The molecule has 3 aromatic rings. The molecule has 0 aliphatic rings. The van der Waals surface area contributed by atoms with E-state index in [0.29, 0.717) is 16.6 Å². The van der Waals surface area contributed by atoms with Gasteiger partial charge < -0.3 is 0 Å². The fourth-order valence-electron chi connectivity index (χ4n) is 1.85. The third kappa shape index (κ3) is 2.03. The second-order valence-electron chi connectivity index (χ2n) is 4.15. The summed E-state index contributed by atoms with van der Waals surface area (Å²) in [7, 11) is 0. The van der Waals surface area contributed by atoms with E-state index in [-0.39, 0.29) is 17.2 Å². The Kier molecular flexibility index (Phi) is 2.75. The molecular weight excluding hydrogens is 260 g/mol. The first-order valence-electron chi connectivity index (χ1n) is 5.83. The number of H-pyrrole nitrogens is 2. The number of aromatic amines is 2. The van der Waals surface area contributed by atoms with E-state index in [0.717, 1.165) is 0 Å². The highest BCUT2D eigenvalue weighted by molar-refractivity contribution is 6.10. The minimum Gasteiger partial charge on any atom is -0.288 e. The van der Waals surface area contributed by atoms with Gasteiger partial charge in [-0.3, -0.25) is 20.0 Å². The van der Waals surface area contributed by atoms with Crippen LogP contribution in [-0.2, 0) is 0 Å². The monoisotopic (exact) mass is 270 g/mol. The van der Waals surface area contributed by atoms with Crippen LogP contribution in [0.15, 0.2) is 29.1 Å². The molecule has 0 aliphatic carbocycles. The molecule has 0 radical (unpaired) electrons. The predicted octanol–water partition coefficient (Wildman–Crippen LogP) is 0.602. The molecule has 0 fully saturated rings. The van der Waals surface area contributed by atoms with E-state index in [2.05, 4.69) is 30.7 Å². The molecule has 0 spiro atoms. The number of benzene rings is 1. The molecule has 0 saturated carbocycles. The van der Waals surface area contributed by atoms with Gasteiger partial charge in [-0.25, -0.2) is 5.10 Å². The van der Waals surface area contributed by atoms with Crippen molar-refractivity contribution in [3.05, 3.63) is 46.1 Å². The number of hydrogen-bond acceptors (Lipinski definition) is 5. The number of fused-ring (bicyclic) bond motifs is 1. The van der Waals surface area contributed by atoms with Crippen LogP contribution in [0.5, 0.6) is 0 Å². The number of nitrogens with one attached hydrogen (secondary N) is 3. The maximum Gasteiger partial charge on any atom is 0.279 e. The second kappa shape index (κ2) is 4.57. The summed E-state index contributed by atoms with van der Waals surface area (Å²) in [4.78, 5) is 27.8. The van der Waals surface area contributed by atoms with Crippen LogP contribution in [0.25, 0.3) is 10.8 Å². The maximum atomic E-state index is 12.2. The normalized spacial score (nSPS) is 10.7. The van der Waals surface area contributed by atoms with Crippen LogP contribution in [0, 0.1) is 6.92 Å². The van der Waals surface area contributed by atoms with Crippen LogP contribution in [0.4, 0.5) is 5.95 Å². The van der Waals surface area contributed by atoms with Gasteiger partial charge in [-0.05, 0) is 13.0 Å². The fourth-order valence-corrected chi connectivity index (χ4v) is 1.85. The van der Waals surface area contributed by atoms with E-state index in [9.17, 15) is 9.59 Å². The fraction of sp³-hybridized carbons (Fsp3) is 0.0833. The number of hydrogen-bond donors (Lipinski definition) is 3. The lowest BCUT2D eigenvalue weighted by molar-refractivity contribution is 0.102. The van der Waals surface area contributed by atoms with Crippen LogP contribution in [-0.4, -0.2) is 31.3 Å². The van der Waals surface area contributed by atoms with E-state index in [1.807, 2.05) is 0 Å². The Morgan fingerprint density at radius 3 is 2.60 bits per heavy atom. The van der Waals surface area contributed by atoms with E-state index in [4.69, 9.17) is 0 Å². The number of nitrogens with zero attached hydrogens (tertiary/aromatic N) is 3. The van der Waals surface area contributed by atoms with E-state index in [1.165, 1.54) is 0 Å². The Labute approximate surface area is 112 Å². The molecule has 0 atom stereocenters. The number of carbonyl (C=O) groups excluding carboxylic acids is 1. The maximum absolute atomic E-state index is 12.2. The van der Waals surface area contributed by atoms with Crippen molar-refractivity contribution in [2.24, 2.45) is 0 Å². The Balaban J connectivity index is 2.04. The van der Waals surface area contributed by atoms with Gasteiger partial charge in [0, 0.05) is 5.39 Å². The zero-order valence-electron chi connectivity index (χ0n) is 10.5. The molecule has 0 unspecified atom stereocenters. The van der Waals surface area contributed by atoms with Crippen LogP contribution in [0.3, 0.4) is 0 Å². The van der Waals surface area contributed by atoms with Crippen molar-refractivity contribution in [1.29, 1.82) is 0 Å². The van der Waals surface area contributed by atoms with Gasteiger partial charge >= 0.3 is 0 Å². The highest BCUT2D eigenvalue weighted by atomic mass is 16.2. The number of anilines is 1. The topological polar surface area (TPSA) is 116 Å². The summed E-state index contributed by atoms with van der Waals surface area (Å²) in [6.45, 7) is 1.72. The van der Waals surface area contributed by atoms with Crippen LogP contribution in [0.1, 0.15) is 16.3 Å². The first kappa shape index (κ1) is 12.0. The van der Waals surface area contributed by atoms with Gasteiger partial charge in [0.25, 0.3) is 11.5 Å². The highest BCUT2D eigenvalue weighted by Gasteiger charge is 2.15. The van der Waals surface area contributed by atoms with Gasteiger partial charge in [-0.15, -0.1) is 5.10 Å². The average molecular weight is 270 g/mol. The molecule has 2 heterocycles. The smallest absolute Gasteiger partial charge is 0.279 e. The third-order valence-electron chi connectivity index (χ3n) is 2.73. The first-order valence-corrected chi connectivity index (χ1v) is 5.83. The van der Waals surface area contributed by atoms with Crippen LogP contribution in [0.2, 0.25) is 0 Å². The van der Waals surface area contributed by atoms with Crippen molar-refractivity contribution in [1.82, 2.24) is 25.4 Å². The van der Waals surface area contributed by atoms with Crippen molar-refractivity contribution < 1.29 is 4.79 Å². The molecule has 0 aliphatic heterocycles. The Hall–Kier alpha value is -3.03.